The van der Waals surface area contributed by atoms with Crippen molar-refractivity contribution in [3.63, 3.8) is 0 Å². The second kappa shape index (κ2) is 9.20. The van der Waals surface area contributed by atoms with Gasteiger partial charge in [0.2, 0.25) is 0 Å². The fraction of sp³-hybridized carbons (Fsp3) is 0.273. The van der Waals surface area contributed by atoms with Crippen molar-refractivity contribution >= 4 is 56.1 Å². The van der Waals surface area contributed by atoms with Gasteiger partial charge in [0.05, 0.1) is 34.1 Å². The van der Waals surface area contributed by atoms with Gasteiger partial charge in [0, 0.05) is 16.1 Å². The number of halogens is 3. The van der Waals surface area contributed by atoms with E-state index in [0.717, 1.165) is 0 Å². The number of carboxylic acid groups (broad SMARTS) is 1. The molecule has 1 aliphatic rings. The molecule has 0 aliphatic heterocycles. The Labute approximate surface area is 195 Å². The van der Waals surface area contributed by atoms with Crippen LogP contribution < -0.4 is 10.2 Å². The van der Waals surface area contributed by atoms with Gasteiger partial charge in [0.1, 0.15) is 18.1 Å². The van der Waals surface area contributed by atoms with E-state index in [0.29, 0.717) is 62.0 Å². The fourth-order valence-electron chi connectivity index (χ4n) is 3.35. The molecule has 3 aromatic rings. The van der Waals surface area contributed by atoms with E-state index < -0.39 is 5.97 Å². The highest BCUT2D eigenvalue weighted by Crippen LogP contribution is 2.35. The molecule has 0 amide bonds. The molecular weight excluding hydrogens is 511 g/mol. The Bertz CT molecular complexity index is 1200. The monoisotopic (exact) mass is 526 g/mol. The minimum Gasteiger partial charge on any atom is -0.490 e. The zero-order valence-electron chi connectivity index (χ0n) is 16.1. The highest BCUT2D eigenvalue weighted by Gasteiger charge is 2.34. The molecule has 1 heterocycles. The summed E-state index contributed by atoms with van der Waals surface area (Å²) in [7, 11) is 0. The summed E-state index contributed by atoms with van der Waals surface area (Å²) in [6, 6.07) is 9.82. The quantitative estimate of drug-likeness (QED) is 0.391. The molecule has 0 saturated heterocycles. The van der Waals surface area contributed by atoms with Crippen LogP contribution in [0.3, 0.4) is 0 Å². The lowest BCUT2D eigenvalue weighted by Crippen LogP contribution is -2.37. The molecule has 31 heavy (non-hydrogen) atoms. The van der Waals surface area contributed by atoms with E-state index >= 15 is 0 Å². The Hall–Kier alpha value is -2.06. The molecule has 0 atom stereocenters. The first-order valence-corrected chi connectivity index (χ1v) is 11.1. The number of carbonyl (C=O) groups is 1. The van der Waals surface area contributed by atoms with Crippen molar-refractivity contribution in [1.29, 1.82) is 0 Å². The lowest BCUT2D eigenvalue weighted by molar-refractivity contribution is -0.151. The van der Waals surface area contributed by atoms with E-state index in [9.17, 15) is 9.59 Å². The van der Waals surface area contributed by atoms with Crippen LogP contribution in [0, 0.1) is 5.92 Å². The summed E-state index contributed by atoms with van der Waals surface area (Å²) in [5.41, 5.74) is 0.700. The fourth-order valence-corrected chi connectivity index (χ4v) is 4.10. The van der Waals surface area contributed by atoms with Gasteiger partial charge in [0.15, 0.2) is 11.0 Å². The Morgan fingerprint density at radius 1 is 1.16 bits per heavy atom. The van der Waals surface area contributed by atoms with Gasteiger partial charge < -0.3 is 19.0 Å². The Morgan fingerprint density at radius 2 is 1.94 bits per heavy atom. The number of rotatable bonds is 7. The summed E-state index contributed by atoms with van der Waals surface area (Å²) in [5, 5.41) is 9.94. The molecule has 6 nitrogen and oxygen atoms in total. The van der Waals surface area contributed by atoms with Crippen molar-refractivity contribution < 1.29 is 23.8 Å². The van der Waals surface area contributed by atoms with Crippen molar-refractivity contribution in [3.8, 4) is 17.1 Å². The molecule has 162 valence electrons. The van der Waals surface area contributed by atoms with Gasteiger partial charge >= 0.3 is 5.97 Å². The molecular formula is C22H17BrCl2O6. The standard InChI is InChI=1S/C22H17BrCl2O6/c23-15-3-2-14-17(26)10-19(31-21(14)20(15)25)11-1-4-18(16(24)9-11)30-6-5-29-13-7-12(8-13)22(27)28/h1-4,9-10,12-13H,5-8H2,(H,27,28)/t12-,13+. The van der Waals surface area contributed by atoms with E-state index in [1.54, 1.807) is 30.3 Å². The predicted molar refractivity (Wildman–Crippen MR) is 121 cm³/mol. The summed E-state index contributed by atoms with van der Waals surface area (Å²) in [6.45, 7) is 0.615. The van der Waals surface area contributed by atoms with Crippen molar-refractivity contribution in [3.05, 3.63) is 61.1 Å². The molecule has 0 spiro atoms. The largest absolute Gasteiger partial charge is 0.490 e. The van der Waals surface area contributed by atoms with Crippen LogP contribution in [-0.4, -0.2) is 30.4 Å². The third-order valence-electron chi connectivity index (χ3n) is 5.14. The van der Waals surface area contributed by atoms with Gasteiger partial charge in [-0.2, -0.15) is 0 Å². The molecule has 0 unspecified atom stereocenters. The minimum absolute atomic E-state index is 0.0368. The average Bonchev–Trinajstić information content (AvgIpc) is 2.69. The maximum Gasteiger partial charge on any atom is 0.306 e. The van der Waals surface area contributed by atoms with Crippen molar-refractivity contribution in [2.45, 2.75) is 18.9 Å². The first-order chi connectivity index (χ1) is 14.8. The molecule has 1 saturated carbocycles. The van der Waals surface area contributed by atoms with Gasteiger partial charge in [-0.25, -0.2) is 0 Å². The summed E-state index contributed by atoms with van der Waals surface area (Å²) in [5.74, 6) is -0.276. The Balaban J connectivity index is 1.42. The predicted octanol–water partition coefficient (Wildman–Crippen LogP) is 5.79. The van der Waals surface area contributed by atoms with Crippen LogP contribution in [0.2, 0.25) is 10.0 Å². The molecule has 1 fully saturated rings. The van der Waals surface area contributed by atoms with E-state index in [2.05, 4.69) is 15.9 Å². The van der Waals surface area contributed by atoms with Gasteiger partial charge in [-0.05, 0) is 59.1 Å². The molecule has 4 rings (SSSR count). The summed E-state index contributed by atoms with van der Waals surface area (Å²) in [4.78, 5) is 23.3. The molecule has 1 N–H and O–H groups in total. The van der Waals surface area contributed by atoms with Crippen molar-refractivity contribution in [1.82, 2.24) is 0 Å². The van der Waals surface area contributed by atoms with Crippen LogP contribution in [0.5, 0.6) is 5.75 Å². The zero-order valence-corrected chi connectivity index (χ0v) is 19.2. The van der Waals surface area contributed by atoms with Gasteiger partial charge in [0.25, 0.3) is 0 Å². The van der Waals surface area contributed by atoms with Gasteiger partial charge in [-0.3, -0.25) is 9.59 Å². The normalized spacial score (nSPS) is 18.0. The molecule has 2 aromatic carbocycles. The summed E-state index contributed by atoms with van der Waals surface area (Å²) >= 11 is 16.0. The molecule has 0 radical (unpaired) electrons. The number of fused-ring (bicyclic) bond motifs is 1. The number of benzene rings is 2. The SMILES string of the molecule is O=c1cc(-c2ccc(OCCO[C@H]3C[C@@H](C(=O)O)C3)c(Cl)c2)oc2c(Cl)c(Br)ccc12. The number of ether oxygens (including phenoxy) is 2. The number of aliphatic carboxylic acids is 1. The third kappa shape index (κ3) is 4.75. The smallest absolute Gasteiger partial charge is 0.306 e. The number of carboxylic acids is 1. The van der Waals surface area contributed by atoms with Crippen LogP contribution in [0.25, 0.3) is 22.3 Å². The lowest BCUT2D eigenvalue weighted by atomic mass is 9.82. The molecule has 0 bridgehead atoms. The van der Waals surface area contributed by atoms with Crippen LogP contribution in [0.4, 0.5) is 0 Å². The number of hydrogen-bond donors (Lipinski definition) is 1. The average molecular weight is 528 g/mol. The van der Waals surface area contributed by atoms with Crippen molar-refractivity contribution in [2.24, 2.45) is 5.92 Å². The second-order valence-electron chi connectivity index (χ2n) is 7.21. The van der Waals surface area contributed by atoms with Crippen LogP contribution in [-0.2, 0) is 9.53 Å². The van der Waals surface area contributed by atoms with E-state index in [1.165, 1.54) is 6.07 Å². The minimum atomic E-state index is -0.778. The molecule has 9 heteroatoms. The van der Waals surface area contributed by atoms with Crippen LogP contribution in [0.1, 0.15) is 12.8 Å². The maximum absolute atomic E-state index is 12.5. The first-order valence-electron chi connectivity index (χ1n) is 9.52. The number of hydrogen-bond acceptors (Lipinski definition) is 5. The van der Waals surface area contributed by atoms with E-state index in [-0.39, 0.29) is 24.1 Å². The molecule has 1 aliphatic carbocycles. The zero-order chi connectivity index (χ0) is 22.1. The lowest BCUT2D eigenvalue weighted by Gasteiger charge is -2.31. The first kappa shape index (κ1) is 22.1. The Kier molecular flexibility index (Phi) is 6.57. The Morgan fingerprint density at radius 3 is 2.65 bits per heavy atom. The van der Waals surface area contributed by atoms with E-state index in [1.807, 2.05) is 0 Å². The highest BCUT2D eigenvalue weighted by molar-refractivity contribution is 9.10. The highest BCUT2D eigenvalue weighted by atomic mass is 79.9. The van der Waals surface area contributed by atoms with Crippen LogP contribution in [0.15, 0.2) is 50.1 Å². The summed E-state index contributed by atoms with van der Waals surface area (Å²) < 4.78 is 17.8. The molecule has 1 aromatic heterocycles. The maximum atomic E-state index is 12.5. The third-order valence-corrected chi connectivity index (χ3v) is 6.70. The summed E-state index contributed by atoms with van der Waals surface area (Å²) in [6.07, 6.45) is 1.02. The second-order valence-corrected chi connectivity index (χ2v) is 8.85. The van der Waals surface area contributed by atoms with Gasteiger partial charge in [-0.15, -0.1) is 0 Å². The van der Waals surface area contributed by atoms with E-state index in [4.69, 9.17) is 42.2 Å². The van der Waals surface area contributed by atoms with Gasteiger partial charge in [-0.1, -0.05) is 23.2 Å². The van der Waals surface area contributed by atoms with Crippen LogP contribution >= 0.6 is 39.1 Å². The van der Waals surface area contributed by atoms with Crippen molar-refractivity contribution in [2.75, 3.05) is 13.2 Å². The topological polar surface area (TPSA) is 86.0 Å².